The van der Waals surface area contributed by atoms with Crippen LogP contribution in [0.3, 0.4) is 0 Å². The van der Waals surface area contributed by atoms with E-state index in [1.807, 2.05) is 6.92 Å². The van der Waals surface area contributed by atoms with Crippen LogP contribution in [0.4, 0.5) is 0 Å². The van der Waals surface area contributed by atoms with Crippen molar-refractivity contribution in [3.8, 4) is 0 Å². The minimum Gasteiger partial charge on any atom is -0.351 e. The van der Waals surface area contributed by atoms with Crippen LogP contribution in [-0.4, -0.2) is 22.8 Å². The fourth-order valence-corrected chi connectivity index (χ4v) is 3.13. The highest BCUT2D eigenvalue weighted by Gasteiger charge is 2.20. The molecule has 1 fully saturated rings. The molecule has 0 aromatic carbocycles. The standard InChI is InChI=1S/C12H17ClN2OS/c1-8-11(17-7-15-8)12(16)14-6-9-2-4-10(13)5-3-9/h7,9-10H,2-6H2,1H3,(H,14,16). The normalized spacial score (nSPS) is 24.6. The van der Waals surface area contributed by atoms with Gasteiger partial charge in [-0.15, -0.1) is 22.9 Å². The maximum absolute atomic E-state index is 11.9. The fourth-order valence-electron chi connectivity index (χ4n) is 2.16. The van der Waals surface area contributed by atoms with Crippen LogP contribution in [0.15, 0.2) is 5.51 Å². The van der Waals surface area contributed by atoms with E-state index < -0.39 is 0 Å². The number of nitrogens with zero attached hydrogens (tertiary/aromatic N) is 1. The van der Waals surface area contributed by atoms with Gasteiger partial charge in [0, 0.05) is 11.9 Å². The van der Waals surface area contributed by atoms with Crippen LogP contribution in [0.5, 0.6) is 0 Å². The number of thiazole rings is 1. The first-order chi connectivity index (χ1) is 8.16. The molecule has 5 heteroatoms. The number of nitrogens with one attached hydrogen (secondary N) is 1. The maximum Gasteiger partial charge on any atom is 0.263 e. The number of hydrogen-bond acceptors (Lipinski definition) is 3. The van der Waals surface area contributed by atoms with Crippen LogP contribution in [0, 0.1) is 12.8 Å². The first-order valence-corrected chi connectivity index (χ1v) is 7.30. The number of hydrogen-bond donors (Lipinski definition) is 1. The zero-order valence-corrected chi connectivity index (χ0v) is 11.5. The minimum absolute atomic E-state index is 0.0120. The van der Waals surface area contributed by atoms with E-state index in [1.165, 1.54) is 11.3 Å². The summed E-state index contributed by atoms with van der Waals surface area (Å²) in [6.45, 7) is 2.63. The molecule has 1 heterocycles. The SMILES string of the molecule is Cc1ncsc1C(=O)NCC1CCC(Cl)CC1. The van der Waals surface area contributed by atoms with Crippen LogP contribution in [-0.2, 0) is 0 Å². The van der Waals surface area contributed by atoms with Gasteiger partial charge in [-0.1, -0.05) is 0 Å². The highest BCUT2D eigenvalue weighted by molar-refractivity contribution is 7.11. The summed E-state index contributed by atoms with van der Waals surface area (Å²) in [7, 11) is 0. The zero-order valence-electron chi connectivity index (χ0n) is 9.91. The van der Waals surface area contributed by atoms with Crippen molar-refractivity contribution in [1.82, 2.24) is 10.3 Å². The lowest BCUT2D eigenvalue weighted by molar-refractivity contribution is 0.0947. The second kappa shape index (κ2) is 5.83. The van der Waals surface area contributed by atoms with Gasteiger partial charge in [0.2, 0.25) is 0 Å². The number of rotatable bonds is 3. The Balaban J connectivity index is 1.79. The van der Waals surface area contributed by atoms with E-state index in [2.05, 4.69) is 10.3 Å². The predicted octanol–water partition coefficient (Wildman–Crippen LogP) is 2.98. The molecule has 0 unspecified atom stereocenters. The highest BCUT2D eigenvalue weighted by Crippen LogP contribution is 2.27. The minimum atomic E-state index is 0.0120. The van der Waals surface area contributed by atoms with Gasteiger partial charge in [0.25, 0.3) is 5.91 Å². The average Bonchev–Trinajstić information content (AvgIpc) is 2.74. The lowest BCUT2D eigenvalue weighted by Crippen LogP contribution is -2.31. The molecule has 1 aliphatic carbocycles. The number of halogens is 1. The molecule has 1 aromatic heterocycles. The van der Waals surface area contributed by atoms with Gasteiger partial charge in [0.1, 0.15) is 4.88 Å². The molecule has 3 nitrogen and oxygen atoms in total. The summed E-state index contributed by atoms with van der Waals surface area (Å²) in [5.41, 5.74) is 2.53. The van der Waals surface area contributed by atoms with Crippen molar-refractivity contribution in [2.45, 2.75) is 38.0 Å². The summed E-state index contributed by atoms with van der Waals surface area (Å²) in [4.78, 5) is 16.7. The van der Waals surface area contributed by atoms with Crippen molar-refractivity contribution >= 4 is 28.8 Å². The van der Waals surface area contributed by atoms with Gasteiger partial charge in [-0.3, -0.25) is 4.79 Å². The highest BCUT2D eigenvalue weighted by atomic mass is 35.5. The van der Waals surface area contributed by atoms with Crippen molar-refractivity contribution in [3.63, 3.8) is 0 Å². The number of carbonyl (C=O) groups excluding carboxylic acids is 1. The molecule has 0 saturated heterocycles. The first-order valence-electron chi connectivity index (χ1n) is 5.99. The third-order valence-corrected chi connectivity index (χ3v) is 4.64. The molecule has 17 heavy (non-hydrogen) atoms. The number of amides is 1. The summed E-state index contributed by atoms with van der Waals surface area (Å²) >= 11 is 7.45. The molecule has 1 aromatic rings. The van der Waals surface area contributed by atoms with E-state index in [-0.39, 0.29) is 5.91 Å². The Kier molecular flexibility index (Phi) is 4.40. The lowest BCUT2D eigenvalue weighted by atomic mass is 9.89. The Morgan fingerprint density at radius 1 is 1.53 bits per heavy atom. The number of alkyl halides is 1. The van der Waals surface area contributed by atoms with Crippen molar-refractivity contribution in [1.29, 1.82) is 0 Å². The number of carbonyl (C=O) groups is 1. The van der Waals surface area contributed by atoms with Gasteiger partial charge in [0.15, 0.2) is 0 Å². The van der Waals surface area contributed by atoms with E-state index in [4.69, 9.17) is 11.6 Å². The molecule has 0 radical (unpaired) electrons. The molecule has 1 saturated carbocycles. The van der Waals surface area contributed by atoms with E-state index in [1.54, 1.807) is 5.51 Å². The van der Waals surface area contributed by atoms with Crippen molar-refractivity contribution in [3.05, 3.63) is 16.1 Å². The topological polar surface area (TPSA) is 42.0 Å². The van der Waals surface area contributed by atoms with E-state index in [0.29, 0.717) is 11.3 Å². The van der Waals surface area contributed by atoms with Gasteiger partial charge >= 0.3 is 0 Å². The Bertz CT molecular complexity index is 386. The molecule has 0 bridgehead atoms. The smallest absolute Gasteiger partial charge is 0.263 e. The van der Waals surface area contributed by atoms with E-state index >= 15 is 0 Å². The maximum atomic E-state index is 11.9. The molecular formula is C12H17ClN2OS. The second-order valence-corrected chi connectivity index (χ2v) is 6.07. The molecule has 0 aliphatic heterocycles. The third kappa shape index (κ3) is 3.42. The molecule has 94 valence electrons. The van der Waals surface area contributed by atoms with Crippen molar-refractivity contribution in [2.24, 2.45) is 5.92 Å². The average molecular weight is 273 g/mol. The predicted molar refractivity (Wildman–Crippen MR) is 70.8 cm³/mol. The van der Waals surface area contributed by atoms with Crippen LogP contribution in [0.2, 0.25) is 0 Å². The Morgan fingerprint density at radius 3 is 2.82 bits per heavy atom. The van der Waals surface area contributed by atoms with E-state index in [9.17, 15) is 4.79 Å². The number of aryl methyl sites for hydroxylation is 1. The Hall–Kier alpha value is -0.610. The Morgan fingerprint density at radius 2 is 2.24 bits per heavy atom. The largest absolute Gasteiger partial charge is 0.351 e. The Labute approximate surface area is 111 Å². The molecule has 0 spiro atoms. The van der Waals surface area contributed by atoms with Crippen molar-refractivity contribution < 1.29 is 4.79 Å². The van der Waals surface area contributed by atoms with E-state index in [0.717, 1.165) is 42.8 Å². The quantitative estimate of drug-likeness (QED) is 0.860. The molecule has 0 atom stereocenters. The van der Waals surface area contributed by atoms with Crippen molar-refractivity contribution in [2.75, 3.05) is 6.54 Å². The molecule has 1 aliphatic rings. The van der Waals surface area contributed by atoms with Crippen LogP contribution >= 0.6 is 22.9 Å². The molecule has 1 N–H and O–H groups in total. The summed E-state index contributed by atoms with van der Waals surface area (Å²) in [6, 6.07) is 0. The molecule has 1 amide bonds. The third-order valence-electron chi connectivity index (χ3n) is 3.28. The first kappa shape index (κ1) is 12.8. The lowest BCUT2D eigenvalue weighted by Gasteiger charge is -2.24. The zero-order chi connectivity index (χ0) is 12.3. The summed E-state index contributed by atoms with van der Waals surface area (Å²) in [5, 5.41) is 3.34. The van der Waals surface area contributed by atoms with Gasteiger partial charge in [0.05, 0.1) is 11.2 Å². The fraction of sp³-hybridized carbons (Fsp3) is 0.667. The monoisotopic (exact) mass is 272 g/mol. The van der Waals surface area contributed by atoms with Crippen LogP contribution in [0.1, 0.15) is 41.0 Å². The van der Waals surface area contributed by atoms with Gasteiger partial charge in [-0.2, -0.15) is 0 Å². The molecular weight excluding hydrogens is 256 g/mol. The summed E-state index contributed by atoms with van der Waals surface area (Å²) in [6.07, 6.45) is 4.38. The number of aromatic nitrogens is 1. The molecule has 2 rings (SSSR count). The van der Waals surface area contributed by atoms with Gasteiger partial charge in [-0.25, -0.2) is 4.98 Å². The second-order valence-electron chi connectivity index (χ2n) is 4.59. The summed E-state index contributed by atoms with van der Waals surface area (Å²) in [5.74, 6) is 0.597. The van der Waals surface area contributed by atoms with Crippen LogP contribution < -0.4 is 5.32 Å². The van der Waals surface area contributed by atoms with Gasteiger partial charge in [-0.05, 0) is 38.5 Å². The summed E-state index contributed by atoms with van der Waals surface area (Å²) < 4.78 is 0. The van der Waals surface area contributed by atoms with Crippen LogP contribution in [0.25, 0.3) is 0 Å². The van der Waals surface area contributed by atoms with Gasteiger partial charge < -0.3 is 5.32 Å².